The molecule has 0 aliphatic carbocycles. The first-order chi connectivity index (χ1) is 8.77. The number of carbonyl (C=O) groups is 2. The van der Waals surface area contributed by atoms with Gasteiger partial charge in [-0.1, -0.05) is 0 Å². The zero-order chi connectivity index (χ0) is 14.6. The Hall–Kier alpha value is -1.45. The highest BCUT2D eigenvalue weighted by Gasteiger charge is 2.25. The number of nitrogens with zero attached hydrogens (tertiary/aromatic N) is 1. The van der Waals surface area contributed by atoms with Gasteiger partial charge in [-0.15, -0.1) is 11.3 Å². The van der Waals surface area contributed by atoms with E-state index in [1.54, 1.807) is 0 Å². The lowest BCUT2D eigenvalue weighted by atomic mass is 10.3. The van der Waals surface area contributed by atoms with Crippen LogP contribution in [0.4, 0.5) is 0 Å². The second-order valence-corrected chi connectivity index (χ2v) is 7.07. The lowest BCUT2D eigenvalue weighted by Gasteiger charge is -2.14. The van der Waals surface area contributed by atoms with E-state index in [0.29, 0.717) is 4.88 Å². The molecule has 1 aromatic heterocycles. The van der Waals surface area contributed by atoms with E-state index in [4.69, 9.17) is 5.11 Å². The summed E-state index contributed by atoms with van der Waals surface area (Å²) in [4.78, 5) is 22.0. The topological polar surface area (TPSA) is 101 Å². The number of carboxylic acids is 1. The number of likely N-dealkylation sites (N-methyl/N-ethyl adjacent to an activating group) is 1. The van der Waals surface area contributed by atoms with Gasteiger partial charge in [0.15, 0.2) is 0 Å². The van der Waals surface area contributed by atoms with Crippen LogP contribution in [0.5, 0.6) is 0 Å². The van der Waals surface area contributed by atoms with E-state index in [9.17, 15) is 18.0 Å². The normalized spacial score (nSPS) is 11.5. The highest BCUT2D eigenvalue weighted by Crippen LogP contribution is 2.24. The number of carbonyl (C=O) groups excluding carboxylic acids is 1. The third kappa shape index (κ3) is 4.01. The van der Waals surface area contributed by atoms with Gasteiger partial charge in [-0.2, -0.15) is 4.31 Å². The molecule has 0 bridgehead atoms. The van der Waals surface area contributed by atoms with Crippen LogP contribution in [0.1, 0.15) is 4.88 Å². The van der Waals surface area contributed by atoms with Crippen LogP contribution in [0.15, 0.2) is 16.3 Å². The Balaban J connectivity index is 2.90. The summed E-state index contributed by atoms with van der Waals surface area (Å²) in [5.41, 5.74) is 0. The minimum absolute atomic E-state index is 0.00449. The van der Waals surface area contributed by atoms with Gasteiger partial charge in [0, 0.05) is 11.9 Å². The molecule has 0 unspecified atom stereocenters. The molecule has 0 saturated heterocycles. The van der Waals surface area contributed by atoms with Gasteiger partial charge in [0.05, 0.1) is 13.5 Å². The lowest BCUT2D eigenvalue weighted by molar-refractivity contribution is -0.140. The minimum Gasteiger partial charge on any atom is -0.481 e. The molecule has 0 aromatic carbocycles. The fourth-order valence-electron chi connectivity index (χ4n) is 1.23. The summed E-state index contributed by atoms with van der Waals surface area (Å²) in [7, 11) is -1.38. The van der Waals surface area contributed by atoms with Gasteiger partial charge in [0.2, 0.25) is 0 Å². The molecule has 7 nitrogen and oxygen atoms in total. The summed E-state index contributed by atoms with van der Waals surface area (Å²) in [6.45, 7) is -0.398. The number of carboxylic acid groups (broad SMARTS) is 1. The first-order valence-electron chi connectivity index (χ1n) is 5.11. The maximum Gasteiger partial charge on any atom is 0.321 e. The maximum absolute atomic E-state index is 12.1. The van der Waals surface area contributed by atoms with Gasteiger partial charge in [-0.25, -0.2) is 8.42 Å². The summed E-state index contributed by atoms with van der Waals surface area (Å²) in [5.74, 6) is -1.71. The average Bonchev–Trinajstić information content (AvgIpc) is 2.76. The van der Waals surface area contributed by atoms with Gasteiger partial charge in [0.25, 0.3) is 10.0 Å². The molecule has 1 aromatic rings. The predicted octanol–water partition coefficient (Wildman–Crippen LogP) is 0.169. The molecule has 0 saturated carbocycles. The fourth-order valence-corrected chi connectivity index (χ4v) is 3.90. The van der Waals surface area contributed by atoms with Crippen molar-refractivity contribution in [2.75, 3.05) is 20.7 Å². The Morgan fingerprint density at radius 1 is 1.42 bits per heavy atom. The lowest BCUT2D eigenvalue weighted by Crippen LogP contribution is -2.32. The van der Waals surface area contributed by atoms with Gasteiger partial charge >= 0.3 is 11.9 Å². The van der Waals surface area contributed by atoms with Crippen molar-refractivity contribution in [1.29, 1.82) is 0 Å². The SMILES string of the molecule is COC(=O)CN(C)S(=O)(=O)c1ccc(CC(=O)O)s1. The van der Waals surface area contributed by atoms with Crippen molar-refractivity contribution in [1.82, 2.24) is 4.31 Å². The Morgan fingerprint density at radius 3 is 2.58 bits per heavy atom. The van der Waals surface area contributed by atoms with Gasteiger partial charge in [-0.3, -0.25) is 9.59 Å². The number of aliphatic carboxylic acids is 1. The fraction of sp³-hybridized carbons (Fsp3) is 0.400. The quantitative estimate of drug-likeness (QED) is 0.752. The van der Waals surface area contributed by atoms with Crippen LogP contribution < -0.4 is 0 Å². The Labute approximate surface area is 114 Å². The molecular weight excluding hydrogens is 294 g/mol. The summed E-state index contributed by atoms with van der Waals surface area (Å²) < 4.78 is 29.4. The number of ether oxygens (including phenoxy) is 1. The van der Waals surface area contributed by atoms with Crippen LogP contribution in [-0.2, 0) is 30.8 Å². The van der Waals surface area contributed by atoms with Crippen LogP contribution in [-0.4, -0.2) is 50.5 Å². The first-order valence-corrected chi connectivity index (χ1v) is 7.36. The number of methoxy groups -OCH3 is 1. The number of thiophene rings is 1. The average molecular weight is 307 g/mol. The van der Waals surface area contributed by atoms with Crippen LogP contribution in [0, 0.1) is 0 Å². The molecule has 106 valence electrons. The predicted molar refractivity (Wildman–Crippen MR) is 67.5 cm³/mol. The van der Waals surface area contributed by atoms with Crippen molar-refractivity contribution >= 4 is 33.3 Å². The molecule has 1 N–H and O–H groups in total. The number of esters is 1. The number of sulfonamides is 1. The summed E-state index contributed by atoms with van der Waals surface area (Å²) >= 11 is 0.869. The van der Waals surface area contributed by atoms with E-state index >= 15 is 0 Å². The standard InChI is InChI=1S/C10H13NO6S2/c1-11(6-9(14)17-2)19(15,16)10-4-3-7(18-10)5-8(12)13/h3-4H,5-6H2,1-2H3,(H,12,13). The van der Waals surface area contributed by atoms with Gasteiger partial charge in [0.1, 0.15) is 10.8 Å². The van der Waals surface area contributed by atoms with Crippen LogP contribution in [0.2, 0.25) is 0 Å². The molecule has 0 fully saturated rings. The van der Waals surface area contributed by atoms with Crippen molar-refractivity contribution in [2.45, 2.75) is 10.6 Å². The van der Waals surface area contributed by atoms with E-state index in [-0.39, 0.29) is 10.6 Å². The maximum atomic E-state index is 12.1. The second-order valence-electron chi connectivity index (χ2n) is 3.63. The molecule has 19 heavy (non-hydrogen) atoms. The molecule has 1 rings (SSSR count). The van der Waals surface area contributed by atoms with E-state index in [0.717, 1.165) is 15.6 Å². The summed E-state index contributed by atoms with van der Waals surface area (Å²) in [6.07, 6.45) is -0.235. The summed E-state index contributed by atoms with van der Waals surface area (Å²) in [6, 6.07) is 2.77. The molecule has 0 aliphatic rings. The van der Waals surface area contributed by atoms with Crippen molar-refractivity contribution in [2.24, 2.45) is 0 Å². The Kier molecular flexibility index (Phi) is 5.04. The second kappa shape index (κ2) is 6.13. The van der Waals surface area contributed by atoms with Crippen LogP contribution >= 0.6 is 11.3 Å². The molecule has 0 aliphatic heterocycles. The molecule has 0 spiro atoms. The molecule has 0 radical (unpaired) electrons. The zero-order valence-electron chi connectivity index (χ0n) is 10.3. The third-order valence-corrected chi connectivity index (χ3v) is 5.56. The molecule has 1 heterocycles. The number of hydrogen-bond acceptors (Lipinski definition) is 6. The smallest absolute Gasteiger partial charge is 0.321 e. The first kappa shape index (κ1) is 15.6. The Bertz CT molecular complexity index is 577. The van der Waals surface area contributed by atoms with Gasteiger partial charge < -0.3 is 9.84 Å². The van der Waals surface area contributed by atoms with Crippen LogP contribution in [0.25, 0.3) is 0 Å². The minimum atomic E-state index is -3.80. The monoisotopic (exact) mass is 307 g/mol. The largest absolute Gasteiger partial charge is 0.481 e. The highest BCUT2D eigenvalue weighted by molar-refractivity contribution is 7.91. The number of rotatable bonds is 6. The van der Waals surface area contributed by atoms with E-state index in [1.165, 1.54) is 26.3 Å². The van der Waals surface area contributed by atoms with Crippen LogP contribution in [0.3, 0.4) is 0 Å². The van der Waals surface area contributed by atoms with E-state index in [1.807, 2.05) is 0 Å². The van der Waals surface area contributed by atoms with Crippen molar-refractivity contribution < 1.29 is 27.9 Å². The van der Waals surface area contributed by atoms with Crippen molar-refractivity contribution in [3.05, 3.63) is 17.0 Å². The third-order valence-electron chi connectivity index (χ3n) is 2.21. The summed E-state index contributed by atoms with van der Waals surface area (Å²) in [5, 5.41) is 8.62. The molecule has 0 amide bonds. The van der Waals surface area contributed by atoms with E-state index in [2.05, 4.69) is 4.74 Å². The van der Waals surface area contributed by atoms with E-state index < -0.39 is 28.5 Å². The molecule has 0 atom stereocenters. The van der Waals surface area contributed by atoms with Crippen molar-refractivity contribution in [3.8, 4) is 0 Å². The molecule has 9 heteroatoms. The Morgan fingerprint density at radius 2 is 2.05 bits per heavy atom. The molecular formula is C10H13NO6S2. The van der Waals surface area contributed by atoms with Gasteiger partial charge in [-0.05, 0) is 12.1 Å². The number of hydrogen-bond donors (Lipinski definition) is 1. The zero-order valence-corrected chi connectivity index (χ0v) is 12.0. The highest BCUT2D eigenvalue weighted by atomic mass is 32.2. The van der Waals surface area contributed by atoms with Crippen molar-refractivity contribution in [3.63, 3.8) is 0 Å².